The van der Waals surface area contributed by atoms with Gasteiger partial charge in [-0.2, -0.15) is 7.05 Å². The molecule has 0 heterocycles. The first-order chi connectivity index (χ1) is 5.24. The summed E-state index contributed by atoms with van der Waals surface area (Å²) >= 11 is 5.55. The van der Waals surface area contributed by atoms with Gasteiger partial charge in [-0.1, -0.05) is 17.7 Å². The van der Waals surface area contributed by atoms with E-state index in [1.54, 1.807) is 19.2 Å². The van der Waals surface area contributed by atoms with Crippen LogP contribution in [-0.4, -0.2) is 7.05 Å². The summed E-state index contributed by atoms with van der Waals surface area (Å²) in [6.45, 7) is 0.406. The van der Waals surface area contributed by atoms with E-state index in [1.807, 2.05) is 0 Å². The van der Waals surface area contributed by atoms with Gasteiger partial charge in [0, 0.05) is 5.02 Å². The summed E-state index contributed by atoms with van der Waals surface area (Å²) in [5.74, 6) is -0.289. The van der Waals surface area contributed by atoms with Crippen molar-refractivity contribution >= 4 is 11.6 Å². The minimum absolute atomic E-state index is 0.289. The lowest BCUT2D eigenvalue weighted by molar-refractivity contribution is 0.614. The van der Waals surface area contributed by atoms with Crippen molar-refractivity contribution < 1.29 is 4.39 Å². The molecule has 0 N–H and O–H groups in total. The minimum Gasteiger partial charge on any atom is -0.661 e. The maximum Gasteiger partial charge on any atom is 0.126 e. The molecule has 0 aromatic heterocycles. The van der Waals surface area contributed by atoms with Gasteiger partial charge in [-0.15, -0.1) is 6.54 Å². The van der Waals surface area contributed by atoms with Crippen molar-refractivity contribution in [3.8, 4) is 0 Å². The third-order valence-corrected chi connectivity index (χ3v) is 1.58. The minimum atomic E-state index is -0.289. The lowest BCUT2D eigenvalue weighted by Gasteiger charge is -2.11. The standard InChI is InChI=1S/C8H8ClFN/c1-11-5-6-2-3-7(9)4-8(6)10/h2-4H,5H2,1H3/q-1. The Morgan fingerprint density at radius 2 is 2.27 bits per heavy atom. The first kappa shape index (κ1) is 8.50. The highest BCUT2D eigenvalue weighted by molar-refractivity contribution is 6.30. The van der Waals surface area contributed by atoms with Gasteiger partial charge in [-0.3, -0.25) is 0 Å². The maximum absolute atomic E-state index is 12.9. The summed E-state index contributed by atoms with van der Waals surface area (Å²) < 4.78 is 12.9. The number of nitrogens with zero attached hydrogens (tertiary/aromatic N) is 1. The molecule has 0 aliphatic carbocycles. The average Bonchev–Trinajstić information content (AvgIpc) is 1.95. The van der Waals surface area contributed by atoms with E-state index >= 15 is 0 Å². The van der Waals surface area contributed by atoms with E-state index in [0.29, 0.717) is 17.1 Å². The van der Waals surface area contributed by atoms with Crippen LogP contribution in [0.3, 0.4) is 0 Å². The predicted octanol–water partition coefficient (Wildman–Crippen LogP) is 2.98. The van der Waals surface area contributed by atoms with Crippen LogP contribution in [0.5, 0.6) is 0 Å². The number of rotatable bonds is 2. The molecule has 0 aliphatic heterocycles. The SMILES string of the molecule is C[N-]Cc1ccc(Cl)cc1F. The Labute approximate surface area is 70.2 Å². The molecular weight excluding hydrogens is 165 g/mol. The van der Waals surface area contributed by atoms with Gasteiger partial charge in [0.2, 0.25) is 0 Å². The lowest BCUT2D eigenvalue weighted by atomic mass is 10.2. The molecule has 0 spiro atoms. The van der Waals surface area contributed by atoms with E-state index in [2.05, 4.69) is 5.32 Å². The Balaban J connectivity index is 2.90. The van der Waals surface area contributed by atoms with Crippen molar-refractivity contribution in [1.29, 1.82) is 0 Å². The molecule has 11 heavy (non-hydrogen) atoms. The Hall–Kier alpha value is -0.600. The second-order valence-electron chi connectivity index (χ2n) is 2.21. The fraction of sp³-hybridized carbons (Fsp3) is 0.250. The normalized spacial score (nSPS) is 10.1. The Bertz CT molecular complexity index is 250. The van der Waals surface area contributed by atoms with E-state index in [1.165, 1.54) is 6.07 Å². The highest BCUT2D eigenvalue weighted by Crippen LogP contribution is 2.15. The van der Waals surface area contributed by atoms with Crippen molar-refractivity contribution in [2.24, 2.45) is 0 Å². The van der Waals surface area contributed by atoms with Crippen LogP contribution >= 0.6 is 11.6 Å². The van der Waals surface area contributed by atoms with Gasteiger partial charge in [0.15, 0.2) is 0 Å². The maximum atomic E-state index is 12.9. The van der Waals surface area contributed by atoms with Crippen molar-refractivity contribution in [2.45, 2.75) is 6.54 Å². The molecule has 0 saturated heterocycles. The van der Waals surface area contributed by atoms with E-state index in [4.69, 9.17) is 11.6 Å². The van der Waals surface area contributed by atoms with Gasteiger partial charge in [-0.05, 0) is 17.7 Å². The zero-order valence-corrected chi connectivity index (χ0v) is 6.90. The Kier molecular flexibility index (Phi) is 2.85. The predicted molar refractivity (Wildman–Crippen MR) is 44.4 cm³/mol. The molecule has 0 unspecified atom stereocenters. The molecule has 3 heteroatoms. The Morgan fingerprint density at radius 1 is 1.55 bits per heavy atom. The summed E-state index contributed by atoms with van der Waals surface area (Å²) in [5.41, 5.74) is 0.580. The molecule has 1 aromatic rings. The quantitative estimate of drug-likeness (QED) is 0.651. The second-order valence-corrected chi connectivity index (χ2v) is 2.65. The molecule has 0 amide bonds. The van der Waals surface area contributed by atoms with E-state index < -0.39 is 0 Å². The number of hydrogen-bond acceptors (Lipinski definition) is 0. The monoisotopic (exact) mass is 172 g/mol. The smallest absolute Gasteiger partial charge is 0.126 e. The van der Waals surface area contributed by atoms with Crippen molar-refractivity contribution in [3.63, 3.8) is 0 Å². The van der Waals surface area contributed by atoms with Gasteiger partial charge in [-0.25, -0.2) is 4.39 Å². The first-order valence-corrected chi connectivity index (χ1v) is 3.61. The van der Waals surface area contributed by atoms with Crippen LogP contribution in [0.4, 0.5) is 4.39 Å². The summed E-state index contributed by atoms with van der Waals surface area (Å²) in [5, 5.41) is 4.23. The highest BCUT2D eigenvalue weighted by Gasteiger charge is 1.96. The molecule has 0 atom stereocenters. The summed E-state index contributed by atoms with van der Waals surface area (Å²) in [4.78, 5) is 0. The van der Waals surface area contributed by atoms with E-state index in [-0.39, 0.29) is 5.82 Å². The molecule has 1 aromatic carbocycles. The van der Waals surface area contributed by atoms with Crippen LogP contribution in [0.2, 0.25) is 5.02 Å². The first-order valence-electron chi connectivity index (χ1n) is 3.23. The third-order valence-electron chi connectivity index (χ3n) is 1.34. The highest BCUT2D eigenvalue weighted by atomic mass is 35.5. The second kappa shape index (κ2) is 3.69. The van der Waals surface area contributed by atoms with Gasteiger partial charge >= 0.3 is 0 Å². The van der Waals surface area contributed by atoms with Crippen LogP contribution in [0.1, 0.15) is 5.56 Å². The van der Waals surface area contributed by atoms with Gasteiger partial charge in [0.25, 0.3) is 0 Å². The van der Waals surface area contributed by atoms with E-state index in [9.17, 15) is 4.39 Å². The summed E-state index contributed by atoms with van der Waals surface area (Å²) in [6.07, 6.45) is 0. The molecule has 0 radical (unpaired) electrons. The molecule has 0 fully saturated rings. The average molecular weight is 173 g/mol. The molecule has 60 valence electrons. The van der Waals surface area contributed by atoms with Crippen molar-refractivity contribution in [1.82, 2.24) is 0 Å². The van der Waals surface area contributed by atoms with Crippen LogP contribution in [0, 0.1) is 5.82 Å². The largest absolute Gasteiger partial charge is 0.661 e. The molecule has 1 rings (SSSR count). The van der Waals surface area contributed by atoms with Crippen LogP contribution < -0.4 is 0 Å². The number of halogens is 2. The van der Waals surface area contributed by atoms with Crippen LogP contribution in [-0.2, 0) is 6.54 Å². The van der Waals surface area contributed by atoms with E-state index in [0.717, 1.165) is 0 Å². The molecule has 1 nitrogen and oxygen atoms in total. The van der Waals surface area contributed by atoms with Crippen molar-refractivity contribution in [3.05, 3.63) is 39.9 Å². The molecular formula is C8H8ClFN-. The van der Waals surface area contributed by atoms with Gasteiger partial charge < -0.3 is 5.32 Å². The Morgan fingerprint density at radius 3 is 2.82 bits per heavy atom. The third kappa shape index (κ3) is 2.17. The van der Waals surface area contributed by atoms with Crippen molar-refractivity contribution in [2.75, 3.05) is 7.05 Å². The zero-order chi connectivity index (χ0) is 8.27. The molecule has 0 saturated carbocycles. The van der Waals surface area contributed by atoms with Crippen LogP contribution in [0.15, 0.2) is 18.2 Å². The van der Waals surface area contributed by atoms with Gasteiger partial charge in [0.1, 0.15) is 5.82 Å². The lowest BCUT2D eigenvalue weighted by Crippen LogP contribution is -1.87. The topological polar surface area (TPSA) is 14.1 Å². The van der Waals surface area contributed by atoms with Gasteiger partial charge in [0.05, 0.1) is 0 Å². The fourth-order valence-electron chi connectivity index (χ4n) is 0.820. The fourth-order valence-corrected chi connectivity index (χ4v) is 0.979. The summed E-state index contributed by atoms with van der Waals surface area (Å²) in [6, 6.07) is 4.60. The molecule has 0 aliphatic rings. The summed E-state index contributed by atoms with van der Waals surface area (Å²) in [7, 11) is 1.65. The van der Waals surface area contributed by atoms with Crippen LogP contribution in [0.25, 0.3) is 5.32 Å². The zero-order valence-electron chi connectivity index (χ0n) is 6.14. The number of benzene rings is 1. The number of hydrogen-bond donors (Lipinski definition) is 0. The molecule has 0 bridgehead atoms.